The molecule has 0 bridgehead atoms. The van der Waals surface area contributed by atoms with Gasteiger partial charge in [0.1, 0.15) is 12.4 Å². The maximum atomic E-state index is 11.7. The molecule has 0 saturated heterocycles. The number of nitrogens with zero attached hydrogens (tertiary/aromatic N) is 1. The zero-order valence-corrected chi connectivity index (χ0v) is 13.3. The number of para-hydroxylation sites is 1. The second-order valence-corrected chi connectivity index (χ2v) is 5.37. The van der Waals surface area contributed by atoms with Crippen molar-refractivity contribution in [1.29, 1.82) is 0 Å². The van der Waals surface area contributed by atoms with Crippen molar-refractivity contribution < 1.29 is 14.6 Å². The van der Waals surface area contributed by atoms with Crippen LogP contribution in [0.25, 0.3) is 0 Å². The third-order valence-corrected chi connectivity index (χ3v) is 3.49. The van der Waals surface area contributed by atoms with Crippen LogP contribution in [0.1, 0.15) is 18.1 Å². The first-order valence-corrected chi connectivity index (χ1v) is 7.22. The van der Waals surface area contributed by atoms with Gasteiger partial charge >= 0.3 is 0 Å². The molecular formula is C16H26N2O3. The number of aliphatic hydroxyl groups excluding tert-OH is 1. The molecule has 1 aromatic carbocycles. The Kier molecular flexibility index (Phi) is 7.19. The van der Waals surface area contributed by atoms with Crippen LogP contribution in [0, 0.1) is 13.8 Å². The van der Waals surface area contributed by atoms with Gasteiger partial charge in [0.15, 0.2) is 0 Å². The van der Waals surface area contributed by atoms with E-state index in [9.17, 15) is 4.79 Å². The predicted molar refractivity (Wildman–Crippen MR) is 83.6 cm³/mol. The predicted octanol–water partition coefficient (Wildman–Crippen LogP) is 1.11. The first-order valence-electron chi connectivity index (χ1n) is 7.22. The summed E-state index contributed by atoms with van der Waals surface area (Å²) >= 11 is 0. The van der Waals surface area contributed by atoms with Crippen LogP contribution < -0.4 is 10.1 Å². The van der Waals surface area contributed by atoms with E-state index in [1.165, 1.54) is 0 Å². The maximum Gasteiger partial charge on any atom is 0.234 e. The molecule has 1 unspecified atom stereocenters. The van der Waals surface area contributed by atoms with E-state index in [1.807, 2.05) is 50.9 Å². The van der Waals surface area contributed by atoms with Gasteiger partial charge in [0, 0.05) is 6.04 Å². The average molecular weight is 294 g/mol. The number of benzene rings is 1. The fourth-order valence-corrected chi connectivity index (χ4v) is 1.95. The summed E-state index contributed by atoms with van der Waals surface area (Å²) in [5, 5.41) is 11.8. The van der Waals surface area contributed by atoms with Crippen LogP contribution in [0.15, 0.2) is 18.2 Å². The number of ether oxygens (including phenoxy) is 1. The van der Waals surface area contributed by atoms with Crippen molar-refractivity contribution in [2.24, 2.45) is 0 Å². The van der Waals surface area contributed by atoms with Gasteiger partial charge in [-0.15, -0.1) is 0 Å². The molecule has 5 nitrogen and oxygen atoms in total. The van der Waals surface area contributed by atoms with Gasteiger partial charge in [-0.05, 0) is 38.9 Å². The Morgan fingerprint density at radius 2 is 2.00 bits per heavy atom. The molecule has 21 heavy (non-hydrogen) atoms. The van der Waals surface area contributed by atoms with Crippen LogP contribution in [0.2, 0.25) is 0 Å². The lowest BCUT2D eigenvalue weighted by atomic mass is 10.1. The van der Waals surface area contributed by atoms with E-state index in [4.69, 9.17) is 9.84 Å². The Bertz CT molecular complexity index is 443. The summed E-state index contributed by atoms with van der Waals surface area (Å²) in [5.74, 6) is 0.820. The molecule has 0 radical (unpaired) electrons. The minimum absolute atomic E-state index is 0.0263. The average Bonchev–Trinajstić information content (AvgIpc) is 2.44. The summed E-state index contributed by atoms with van der Waals surface area (Å²) < 4.78 is 5.72. The minimum atomic E-state index is -0.0668. The summed E-state index contributed by atoms with van der Waals surface area (Å²) in [7, 11) is 1.81. The van der Waals surface area contributed by atoms with Crippen molar-refractivity contribution in [3.63, 3.8) is 0 Å². The zero-order valence-electron chi connectivity index (χ0n) is 13.3. The first kappa shape index (κ1) is 17.5. The molecule has 0 aliphatic heterocycles. The Labute approximate surface area is 126 Å². The highest BCUT2D eigenvalue weighted by Gasteiger charge is 2.11. The normalized spacial score (nSPS) is 12.3. The number of rotatable bonds is 8. The highest BCUT2D eigenvalue weighted by molar-refractivity contribution is 5.77. The third-order valence-electron chi connectivity index (χ3n) is 3.49. The maximum absolute atomic E-state index is 11.7. The van der Waals surface area contributed by atoms with Gasteiger partial charge in [-0.2, -0.15) is 0 Å². The van der Waals surface area contributed by atoms with E-state index in [2.05, 4.69) is 5.32 Å². The highest BCUT2D eigenvalue weighted by Crippen LogP contribution is 2.21. The lowest BCUT2D eigenvalue weighted by Gasteiger charge is -2.22. The van der Waals surface area contributed by atoms with Gasteiger partial charge in [0.25, 0.3) is 0 Å². The second-order valence-electron chi connectivity index (χ2n) is 5.37. The van der Waals surface area contributed by atoms with Gasteiger partial charge < -0.3 is 15.2 Å². The molecule has 1 amide bonds. The molecule has 5 heteroatoms. The van der Waals surface area contributed by atoms with Crippen LogP contribution >= 0.6 is 0 Å². The van der Waals surface area contributed by atoms with Crippen molar-refractivity contribution in [2.45, 2.75) is 26.8 Å². The monoisotopic (exact) mass is 294 g/mol. The molecule has 1 aromatic rings. The van der Waals surface area contributed by atoms with Crippen LogP contribution in [0.4, 0.5) is 0 Å². The lowest BCUT2D eigenvalue weighted by molar-refractivity contribution is -0.122. The molecule has 0 aromatic heterocycles. The molecule has 118 valence electrons. The van der Waals surface area contributed by atoms with Crippen molar-refractivity contribution >= 4 is 5.91 Å². The van der Waals surface area contributed by atoms with E-state index in [0.29, 0.717) is 13.2 Å². The Hall–Kier alpha value is -1.59. The summed E-state index contributed by atoms with van der Waals surface area (Å²) in [6.45, 7) is 7.10. The molecule has 1 rings (SSSR count). The van der Waals surface area contributed by atoms with Gasteiger partial charge in [0.05, 0.1) is 19.7 Å². The first-order chi connectivity index (χ1) is 9.95. The van der Waals surface area contributed by atoms with Crippen LogP contribution in [0.3, 0.4) is 0 Å². The number of aliphatic hydroxyl groups is 1. The molecule has 1 atom stereocenters. The van der Waals surface area contributed by atoms with Crippen molar-refractivity contribution in [1.82, 2.24) is 10.2 Å². The summed E-state index contributed by atoms with van der Waals surface area (Å²) in [4.78, 5) is 13.5. The lowest BCUT2D eigenvalue weighted by Crippen LogP contribution is -2.41. The largest absolute Gasteiger partial charge is 0.491 e. The van der Waals surface area contributed by atoms with Gasteiger partial charge in [0.2, 0.25) is 5.91 Å². The molecule has 0 aliphatic carbocycles. The number of carbonyl (C=O) groups excluding carboxylic acids is 1. The SMILES string of the molecule is Cc1cccc(C)c1OCCNC(=O)CN(C)C(C)CO. The Morgan fingerprint density at radius 3 is 2.57 bits per heavy atom. The number of nitrogens with one attached hydrogen (secondary N) is 1. The fourth-order valence-electron chi connectivity index (χ4n) is 1.95. The van der Waals surface area contributed by atoms with E-state index >= 15 is 0 Å². The summed E-state index contributed by atoms with van der Waals surface area (Å²) in [6, 6.07) is 5.98. The molecule has 2 N–H and O–H groups in total. The Morgan fingerprint density at radius 1 is 1.38 bits per heavy atom. The molecule has 0 spiro atoms. The molecule has 0 saturated carbocycles. The van der Waals surface area contributed by atoms with Crippen LogP contribution in [-0.2, 0) is 4.79 Å². The fraction of sp³-hybridized carbons (Fsp3) is 0.562. The standard InChI is InChI=1S/C16H26N2O3/c1-12-6-5-7-13(2)16(12)21-9-8-17-15(20)10-18(4)14(3)11-19/h5-7,14,19H,8-11H2,1-4H3,(H,17,20). The van der Waals surface area contributed by atoms with E-state index in [-0.39, 0.29) is 25.1 Å². The van der Waals surface area contributed by atoms with Crippen LogP contribution in [-0.4, -0.2) is 55.3 Å². The van der Waals surface area contributed by atoms with Crippen molar-refractivity contribution in [3.05, 3.63) is 29.3 Å². The van der Waals surface area contributed by atoms with Gasteiger partial charge in [-0.3, -0.25) is 9.69 Å². The van der Waals surface area contributed by atoms with Crippen molar-refractivity contribution in [2.75, 3.05) is 33.4 Å². The number of likely N-dealkylation sites (N-methyl/N-ethyl adjacent to an activating group) is 1. The number of hydrogen-bond acceptors (Lipinski definition) is 4. The highest BCUT2D eigenvalue weighted by atomic mass is 16.5. The molecular weight excluding hydrogens is 268 g/mol. The smallest absolute Gasteiger partial charge is 0.234 e. The van der Waals surface area contributed by atoms with Gasteiger partial charge in [-0.1, -0.05) is 18.2 Å². The third kappa shape index (κ3) is 5.73. The van der Waals surface area contributed by atoms with Crippen molar-refractivity contribution in [3.8, 4) is 5.75 Å². The molecule has 0 aliphatic rings. The number of carbonyl (C=O) groups is 1. The quantitative estimate of drug-likeness (QED) is 0.705. The van der Waals surface area contributed by atoms with Gasteiger partial charge in [-0.25, -0.2) is 0 Å². The summed E-state index contributed by atoms with van der Waals surface area (Å²) in [6.07, 6.45) is 0. The Balaban J connectivity index is 2.29. The zero-order chi connectivity index (χ0) is 15.8. The topological polar surface area (TPSA) is 61.8 Å². The number of aryl methyl sites for hydroxylation is 2. The number of hydrogen-bond donors (Lipinski definition) is 2. The second kappa shape index (κ2) is 8.64. The van der Waals surface area contributed by atoms with E-state index < -0.39 is 0 Å². The molecule has 0 heterocycles. The number of amides is 1. The minimum Gasteiger partial charge on any atom is -0.491 e. The summed E-state index contributed by atoms with van der Waals surface area (Å²) in [5.41, 5.74) is 2.19. The van der Waals surface area contributed by atoms with E-state index in [0.717, 1.165) is 16.9 Å². The van der Waals surface area contributed by atoms with E-state index in [1.54, 1.807) is 0 Å². The van der Waals surface area contributed by atoms with Crippen LogP contribution in [0.5, 0.6) is 5.75 Å². The molecule has 0 fully saturated rings.